The van der Waals surface area contributed by atoms with Gasteiger partial charge in [0.05, 0.1) is 0 Å². The molecule has 0 N–H and O–H groups in total. The van der Waals surface area contributed by atoms with Gasteiger partial charge in [-0.2, -0.15) is 0 Å². The molecule has 0 amide bonds. The van der Waals surface area contributed by atoms with Crippen LogP contribution >= 0.6 is 0 Å². The summed E-state index contributed by atoms with van der Waals surface area (Å²) in [7, 11) is 71.6. The minimum absolute atomic E-state index is 1.02. The third-order valence-corrected chi connectivity index (χ3v) is 23.5. The van der Waals surface area contributed by atoms with Crippen LogP contribution in [-0.2, 0) is 0 Å². The number of hydrogen-bond donors (Lipinski definition) is 0. The van der Waals surface area contributed by atoms with Crippen LogP contribution in [0.1, 0.15) is 0 Å². The Balaban J connectivity index is 1.41. The molecule has 10 aromatic carbocycles. The van der Waals surface area contributed by atoms with E-state index in [1.807, 2.05) is 0 Å². The zero-order valence-corrected chi connectivity index (χ0v) is 55.4. The van der Waals surface area contributed by atoms with Crippen LogP contribution in [0.15, 0.2) is 4.42 Å². The van der Waals surface area contributed by atoms with Gasteiger partial charge in [0.25, 0.3) is 0 Å². The minimum atomic E-state index is 1.02. The van der Waals surface area contributed by atoms with Crippen molar-refractivity contribution < 1.29 is 4.42 Å². The first-order valence-corrected chi connectivity index (χ1v) is 30.2. The molecule has 0 radical (unpaired) electrons. The van der Waals surface area contributed by atoms with Crippen molar-refractivity contribution in [2.45, 2.75) is 0 Å². The van der Waals surface area contributed by atoms with Crippen LogP contribution in [-0.4, -0.2) is 235 Å². The van der Waals surface area contributed by atoms with Gasteiger partial charge in [0.1, 0.15) is 247 Å². The lowest BCUT2D eigenvalue weighted by Gasteiger charge is -2.33. The normalized spacial score (nSPS) is 12.0. The molecule has 1 aromatic heterocycles. The standard InChI is InChI=1S/C50H60B30O/c51-19-10(30(62)39(71)32(64)13(19)8-3-9-14(33(65)45(77)44(76)27(9)59)29(61)28(60)12(3)31(63)38(70)26(8)58)1-4-6(24(56)42(74)40(72)22(4)54)2(7-5(1)23(55)41(73)43(75)25(7)57)11-20(52)18-17-21(53)15-16(35(67)47(79)46(78)34(15)66)37(69)49(17)81-50(18)48(80)36(11)68/h51-80H2. The van der Waals surface area contributed by atoms with E-state index in [1.54, 1.807) is 0 Å². The van der Waals surface area contributed by atoms with Crippen LogP contribution in [0.4, 0.5) is 0 Å². The third kappa shape index (κ3) is 7.30. The molecule has 0 fully saturated rings. The summed E-state index contributed by atoms with van der Waals surface area (Å²) in [5.74, 6) is 0. The van der Waals surface area contributed by atoms with Gasteiger partial charge in [0.2, 0.25) is 0 Å². The molecule has 31 heteroatoms. The summed E-state index contributed by atoms with van der Waals surface area (Å²) in [4.78, 5) is 0. The molecule has 0 aliphatic rings. The van der Waals surface area contributed by atoms with Crippen molar-refractivity contribution in [2.75, 3.05) is 0 Å². The van der Waals surface area contributed by atoms with Gasteiger partial charge in [-0.3, -0.25) is 0 Å². The number of hydrogen-bond acceptors (Lipinski definition) is 1. The number of furan rings is 1. The second-order valence-corrected chi connectivity index (χ2v) is 26.3. The van der Waals surface area contributed by atoms with Crippen LogP contribution in [0.2, 0.25) is 0 Å². The van der Waals surface area contributed by atoms with Crippen molar-refractivity contribution in [2.24, 2.45) is 0 Å². The Labute approximate surface area is 509 Å². The fraction of sp³-hybridized carbons (Fsp3) is 0. The van der Waals surface area contributed by atoms with Crippen molar-refractivity contribution in [1.29, 1.82) is 0 Å². The lowest BCUT2D eigenvalue weighted by atomic mass is 9.55. The lowest BCUT2D eigenvalue weighted by molar-refractivity contribution is 0.675. The van der Waals surface area contributed by atoms with E-state index < -0.39 is 0 Å². The van der Waals surface area contributed by atoms with Crippen LogP contribution in [0.25, 0.3) is 109 Å². The molecule has 0 unspecified atom stereocenters. The molecular weight excluding hydrogens is 941 g/mol. The summed E-state index contributed by atoms with van der Waals surface area (Å²) in [6, 6.07) is 0. The van der Waals surface area contributed by atoms with E-state index in [-0.39, 0.29) is 0 Å². The highest BCUT2D eigenvalue weighted by molar-refractivity contribution is 6.79. The van der Waals surface area contributed by atoms with E-state index in [4.69, 9.17) is 4.42 Å². The third-order valence-electron chi connectivity index (χ3n) is 23.5. The first-order valence-electron chi connectivity index (χ1n) is 30.2. The molecule has 1 heterocycles. The van der Waals surface area contributed by atoms with Gasteiger partial charge in [-0.05, 0) is 92.7 Å². The van der Waals surface area contributed by atoms with Crippen LogP contribution in [0, 0.1) is 0 Å². The van der Waals surface area contributed by atoms with E-state index in [0.717, 1.165) is 11.2 Å². The highest BCUT2D eigenvalue weighted by Crippen LogP contribution is 2.41. The molecule has 0 spiro atoms. The van der Waals surface area contributed by atoms with Crippen LogP contribution in [0.3, 0.4) is 0 Å². The Bertz CT molecular complexity index is 4850. The average Bonchev–Trinajstić information content (AvgIpc) is 3.91. The molecular formula is C50H60B30O. The Morgan fingerprint density at radius 1 is 0.111 bits per heavy atom. The molecule has 0 aliphatic carbocycles. The van der Waals surface area contributed by atoms with E-state index in [9.17, 15) is 0 Å². The molecule has 356 valence electrons. The number of benzene rings is 10. The molecule has 1 nitrogen and oxygen atoms in total. The van der Waals surface area contributed by atoms with Crippen molar-refractivity contribution in [1.82, 2.24) is 0 Å². The quantitative estimate of drug-likeness (QED) is 0.0977. The topological polar surface area (TPSA) is 13.1 Å². The van der Waals surface area contributed by atoms with Gasteiger partial charge in [-0.15, -0.1) is 54.6 Å². The summed E-state index contributed by atoms with van der Waals surface area (Å²) in [6.07, 6.45) is 0. The maximum absolute atomic E-state index is 7.33. The first-order chi connectivity index (χ1) is 37.8. The van der Waals surface area contributed by atoms with Gasteiger partial charge in [0.15, 0.2) is 0 Å². The van der Waals surface area contributed by atoms with Crippen LogP contribution < -0.4 is 164 Å². The van der Waals surface area contributed by atoms with E-state index in [2.05, 4.69) is 235 Å². The SMILES string of the molecule is Bc1c(B)c(-c2c3c(B)c(B)c(B)c(B)c3c(-c3c(B)c(B)c4oc5c(B)c6c(B)c(B)c(B)c(B)c6c(B)c5c4c3B)c3c(B)c(B)c(B)c(B)c23)c(B)c(-c2c(B)c(B)c(B)c3c(B)c(B)c4c(B)c(B)c(B)c(B)c4c23)c1B. The predicted octanol–water partition coefficient (Wildman–Crippen LogP) is -37.9. The first kappa shape index (κ1) is 58.0. The van der Waals surface area contributed by atoms with Gasteiger partial charge < -0.3 is 4.42 Å². The predicted molar refractivity (Wildman–Crippen MR) is 463 cm³/mol. The summed E-state index contributed by atoms with van der Waals surface area (Å²) in [5, 5.41) is 16.5. The van der Waals surface area contributed by atoms with Crippen LogP contribution in [0.5, 0.6) is 0 Å². The second-order valence-electron chi connectivity index (χ2n) is 26.3. The second kappa shape index (κ2) is 19.4. The highest BCUT2D eigenvalue weighted by Gasteiger charge is 2.33. The van der Waals surface area contributed by atoms with E-state index >= 15 is 0 Å². The van der Waals surface area contributed by atoms with Gasteiger partial charge in [-0.25, -0.2) is 0 Å². The van der Waals surface area contributed by atoms with Gasteiger partial charge >= 0.3 is 0 Å². The largest absolute Gasteiger partial charge is 0.457 e. The molecule has 0 aliphatic heterocycles. The minimum Gasteiger partial charge on any atom is -0.457 e. The molecule has 0 saturated carbocycles. The Hall–Kier alpha value is -4.75. The molecule has 11 rings (SSSR count). The Morgan fingerprint density at radius 3 is 0.728 bits per heavy atom. The zero-order chi connectivity index (χ0) is 59.6. The number of fused-ring (bicyclic) bond motifs is 9. The molecule has 0 bridgehead atoms. The van der Waals surface area contributed by atoms with E-state index in [0.29, 0.717) is 0 Å². The monoisotopic (exact) mass is 1010 g/mol. The summed E-state index contributed by atoms with van der Waals surface area (Å²) >= 11 is 0. The average molecular weight is 1000 g/mol. The number of rotatable bonds is 3. The lowest BCUT2D eigenvalue weighted by Crippen LogP contribution is -2.52. The molecule has 0 atom stereocenters. The summed E-state index contributed by atoms with van der Waals surface area (Å²) in [6.45, 7) is 0. The van der Waals surface area contributed by atoms with Crippen molar-refractivity contribution >= 4 is 475 Å². The highest BCUT2D eigenvalue weighted by atomic mass is 16.3. The Morgan fingerprint density at radius 2 is 0.333 bits per heavy atom. The van der Waals surface area contributed by atoms with Gasteiger partial charge in [-0.1, -0.05) is 104 Å². The molecule has 0 saturated heterocycles. The van der Waals surface area contributed by atoms with Gasteiger partial charge in [0, 0.05) is 10.8 Å². The Kier molecular flexibility index (Phi) is 13.9. The summed E-state index contributed by atoms with van der Waals surface area (Å²) < 4.78 is 7.33. The fourth-order valence-corrected chi connectivity index (χ4v) is 16.7. The zero-order valence-electron chi connectivity index (χ0n) is 55.4. The smallest absolute Gasteiger partial charge is 0.145 e. The van der Waals surface area contributed by atoms with Crippen molar-refractivity contribution in [3.63, 3.8) is 0 Å². The molecule has 81 heavy (non-hydrogen) atoms. The maximum Gasteiger partial charge on any atom is 0.145 e. The maximum atomic E-state index is 7.33. The fourth-order valence-electron chi connectivity index (χ4n) is 16.7. The van der Waals surface area contributed by atoms with E-state index in [1.165, 1.54) is 262 Å². The molecule has 11 aromatic rings. The van der Waals surface area contributed by atoms with Crippen molar-refractivity contribution in [3.05, 3.63) is 0 Å². The van der Waals surface area contributed by atoms with Crippen molar-refractivity contribution in [3.8, 4) is 33.4 Å². The summed E-state index contributed by atoms with van der Waals surface area (Å²) in [5.41, 5.74) is 51.4.